The van der Waals surface area contributed by atoms with Crippen LogP contribution in [-0.4, -0.2) is 42.5 Å². The van der Waals surface area contributed by atoms with Gasteiger partial charge in [-0.05, 0) is 6.42 Å². The summed E-state index contributed by atoms with van der Waals surface area (Å²) in [7, 11) is -3.64. The summed E-state index contributed by atoms with van der Waals surface area (Å²) in [5.41, 5.74) is 0. The molecule has 1 saturated heterocycles. The fourth-order valence-electron chi connectivity index (χ4n) is 1.76. The Kier molecular flexibility index (Phi) is 3.03. The molecular formula is C8H13NO5S. The predicted octanol–water partition coefficient (Wildman–Crippen LogP) is -0.485. The van der Waals surface area contributed by atoms with Gasteiger partial charge in [-0.15, -0.1) is 0 Å². The van der Waals surface area contributed by atoms with E-state index in [1.807, 2.05) is 0 Å². The number of carbonyl (C=O) groups is 2. The molecule has 0 radical (unpaired) electrons. The van der Waals surface area contributed by atoms with Crippen molar-refractivity contribution in [2.45, 2.75) is 13.3 Å². The predicted molar refractivity (Wildman–Crippen MR) is 51.5 cm³/mol. The van der Waals surface area contributed by atoms with Crippen LogP contribution in [-0.2, 0) is 19.6 Å². The van der Waals surface area contributed by atoms with Gasteiger partial charge in [0, 0.05) is 0 Å². The molecule has 6 nitrogen and oxygen atoms in total. The molecule has 0 aromatic carbocycles. The number of sulfonamides is 1. The van der Waals surface area contributed by atoms with Crippen LogP contribution in [0.5, 0.6) is 0 Å². The van der Waals surface area contributed by atoms with Gasteiger partial charge < -0.3 is 5.11 Å². The van der Waals surface area contributed by atoms with Gasteiger partial charge >= 0.3 is 5.97 Å². The van der Waals surface area contributed by atoms with Crippen molar-refractivity contribution in [3.63, 3.8) is 0 Å². The van der Waals surface area contributed by atoms with Crippen LogP contribution < -0.4 is 0 Å². The quantitative estimate of drug-likeness (QED) is 0.713. The van der Waals surface area contributed by atoms with E-state index in [9.17, 15) is 18.0 Å². The third kappa shape index (κ3) is 2.11. The summed E-state index contributed by atoms with van der Waals surface area (Å²) in [6, 6.07) is 0. The highest BCUT2D eigenvalue weighted by Gasteiger charge is 2.46. The first kappa shape index (κ1) is 12.0. The van der Waals surface area contributed by atoms with E-state index in [4.69, 9.17) is 5.11 Å². The van der Waals surface area contributed by atoms with Gasteiger partial charge in [0.15, 0.2) is 0 Å². The first-order valence-electron chi connectivity index (χ1n) is 4.53. The number of aliphatic carboxylic acids is 1. The lowest BCUT2D eigenvalue weighted by Gasteiger charge is -2.12. The lowest BCUT2D eigenvalue weighted by Crippen LogP contribution is -2.32. The van der Waals surface area contributed by atoms with Gasteiger partial charge in [-0.1, -0.05) is 6.92 Å². The molecule has 1 heterocycles. The third-order valence-electron chi connectivity index (χ3n) is 2.57. The molecule has 2 atom stereocenters. The molecule has 7 heteroatoms. The summed E-state index contributed by atoms with van der Waals surface area (Å²) in [4.78, 5) is 22.4. The Morgan fingerprint density at radius 2 is 2.13 bits per heavy atom. The SMILES string of the molecule is CC[C@@H]1C(=O)N(S(C)(=O)=O)C[C@H]1C(=O)O. The third-order valence-corrected chi connectivity index (χ3v) is 3.70. The van der Waals surface area contributed by atoms with Crippen molar-refractivity contribution in [2.24, 2.45) is 11.8 Å². The minimum absolute atomic E-state index is 0.245. The van der Waals surface area contributed by atoms with Crippen LogP contribution in [0.25, 0.3) is 0 Å². The van der Waals surface area contributed by atoms with Crippen molar-refractivity contribution >= 4 is 21.9 Å². The monoisotopic (exact) mass is 235 g/mol. The average Bonchev–Trinajstić information content (AvgIpc) is 2.41. The van der Waals surface area contributed by atoms with Gasteiger partial charge in [0.25, 0.3) is 0 Å². The van der Waals surface area contributed by atoms with E-state index in [2.05, 4.69) is 0 Å². The fourth-order valence-corrected chi connectivity index (χ4v) is 2.65. The molecule has 1 aliphatic rings. The molecule has 0 bridgehead atoms. The zero-order chi connectivity index (χ0) is 11.8. The molecule has 0 spiro atoms. The van der Waals surface area contributed by atoms with Crippen molar-refractivity contribution in [1.29, 1.82) is 0 Å². The number of rotatable bonds is 3. The van der Waals surface area contributed by atoms with Gasteiger partial charge in [-0.2, -0.15) is 0 Å². The molecule has 0 aromatic heterocycles. The maximum atomic E-state index is 11.6. The molecule has 1 fully saturated rings. The highest BCUT2D eigenvalue weighted by atomic mass is 32.2. The number of hydrogen-bond acceptors (Lipinski definition) is 4. The topological polar surface area (TPSA) is 91.8 Å². The Morgan fingerprint density at radius 3 is 2.40 bits per heavy atom. The van der Waals surface area contributed by atoms with Gasteiger partial charge in [-0.3, -0.25) is 9.59 Å². The summed E-state index contributed by atoms with van der Waals surface area (Å²) in [6.07, 6.45) is 1.24. The molecule has 0 aliphatic carbocycles. The Morgan fingerprint density at radius 1 is 1.60 bits per heavy atom. The van der Waals surface area contributed by atoms with Crippen LogP contribution >= 0.6 is 0 Å². The zero-order valence-corrected chi connectivity index (χ0v) is 9.32. The first-order valence-corrected chi connectivity index (χ1v) is 6.38. The van der Waals surface area contributed by atoms with Gasteiger partial charge in [0.2, 0.25) is 15.9 Å². The van der Waals surface area contributed by atoms with E-state index in [0.29, 0.717) is 10.7 Å². The van der Waals surface area contributed by atoms with Crippen LogP contribution in [0.1, 0.15) is 13.3 Å². The molecule has 1 rings (SSSR count). The molecule has 1 N–H and O–H groups in total. The molecule has 1 amide bonds. The zero-order valence-electron chi connectivity index (χ0n) is 8.50. The number of amides is 1. The Balaban J connectivity index is 3.03. The largest absolute Gasteiger partial charge is 0.481 e. The van der Waals surface area contributed by atoms with Crippen molar-refractivity contribution in [1.82, 2.24) is 4.31 Å². The van der Waals surface area contributed by atoms with E-state index in [0.717, 1.165) is 6.26 Å². The highest BCUT2D eigenvalue weighted by Crippen LogP contribution is 2.29. The number of hydrogen-bond donors (Lipinski definition) is 1. The van der Waals surface area contributed by atoms with Crippen LogP contribution in [0.3, 0.4) is 0 Å². The molecule has 0 unspecified atom stereocenters. The van der Waals surface area contributed by atoms with E-state index < -0.39 is 33.7 Å². The normalized spacial score (nSPS) is 27.1. The van der Waals surface area contributed by atoms with Crippen LogP contribution in [0, 0.1) is 11.8 Å². The van der Waals surface area contributed by atoms with Crippen molar-refractivity contribution < 1.29 is 23.1 Å². The molecular weight excluding hydrogens is 222 g/mol. The molecule has 86 valence electrons. The number of carbonyl (C=O) groups excluding carboxylic acids is 1. The van der Waals surface area contributed by atoms with E-state index >= 15 is 0 Å². The summed E-state index contributed by atoms with van der Waals surface area (Å²) < 4.78 is 23.0. The Labute approximate surface area is 87.9 Å². The Hall–Kier alpha value is -1.11. The Bertz CT molecular complexity index is 388. The number of nitrogens with zero attached hydrogens (tertiary/aromatic N) is 1. The van der Waals surface area contributed by atoms with Crippen molar-refractivity contribution in [3.05, 3.63) is 0 Å². The summed E-state index contributed by atoms with van der Waals surface area (Å²) >= 11 is 0. The summed E-state index contributed by atoms with van der Waals surface area (Å²) in [5, 5.41) is 8.84. The van der Waals surface area contributed by atoms with Crippen molar-refractivity contribution in [3.8, 4) is 0 Å². The van der Waals surface area contributed by atoms with Crippen LogP contribution in [0.4, 0.5) is 0 Å². The second-order valence-electron chi connectivity index (χ2n) is 3.59. The van der Waals surface area contributed by atoms with Gasteiger partial charge in [0.1, 0.15) is 0 Å². The molecule has 0 aromatic rings. The average molecular weight is 235 g/mol. The fraction of sp³-hybridized carbons (Fsp3) is 0.750. The van der Waals surface area contributed by atoms with Crippen molar-refractivity contribution in [2.75, 3.05) is 12.8 Å². The molecule has 0 saturated carbocycles. The van der Waals surface area contributed by atoms with Gasteiger partial charge in [0.05, 0.1) is 24.6 Å². The molecule has 15 heavy (non-hydrogen) atoms. The standard InChI is InChI=1S/C8H13NO5S/c1-3-5-6(8(11)12)4-9(7(5)10)15(2,13)14/h5-6H,3-4H2,1-2H3,(H,11,12)/t5-,6+/m0/s1. The van der Waals surface area contributed by atoms with Gasteiger partial charge in [-0.25, -0.2) is 12.7 Å². The van der Waals surface area contributed by atoms with Crippen LogP contribution in [0.15, 0.2) is 0 Å². The molecule has 1 aliphatic heterocycles. The highest BCUT2D eigenvalue weighted by molar-refractivity contribution is 7.88. The summed E-state index contributed by atoms with van der Waals surface area (Å²) in [5.74, 6) is -3.37. The number of carboxylic acid groups (broad SMARTS) is 1. The van der Waals surface area contributed by atoms with Crippen LogP contribution in [0.2, 0.25) is 0 Å². The van der Waals surface area contributed by atoms with E-state index in [1.54, 1.807) is 6.92 Å². The van der Waals surface area contributed by atoms with E-state index in [-0.39, 0.29) is 6.54 Å². The second kappa shape index (κ2) is 3.80. The number of carboxylic acids is 1. The summed E-state index contributed by atoms with van der Waals surface area (Å²) in [6.45, 7) is 1.43. The maximum Gasteiger partial charge on any atom is 0.309 e. The maximum absolute atomic E-state index is 11.6. The lowest BCUT2D eigenvalue weighted by molar-refractivity contribution is -0.144. The minimum atomic E-state index is -3.64. The second-order valence-corrected chi connectivity index (χ2v) is 5.50. The minimum Gasteiger partial charge on any atom is -0.481 e. The van der Waals surface area contributed by atoms with E-state index in [1.165, 1.54) is 0 Å². The smallest absolute Gasteiger partial charge is 0.309 e. The lowest BCUT2D eigenvalue weighted by atomic mass is 9.93. The first-order chi connectivity index (χ1) is 6.79.